The van der Waals surface area contributed by atoms with Crippen LogP contribution in [0.4, 0.5) is 13.2 Å². The van der Waals surface area contributed by atoms with Gasteiger partial charge in [-0.1, -0.05) is 35.3 Å². The van der Waals surface area contributed by atoms with Crippen molar-refractivity contribution in [1.82, 2.24) is 20.0 Å². The van der Waals surface area contributed by atoms with Crippen LogP contribution in [0, 0.1) is 6.92 Å². The third-order valence-corrected chi connectivity index (χ3v) is 7.24. The number of carbonyl (C=O) groups excluding carboxylic acids is 2. The second kappa shape index (κ2) is 9.66. The van der Waals surface area contributed by atoms with Gasteiger partial charge in [-0.2, -0.15) is 18.3 Å². The molecule has 7 nitrogen and oxygen atoms in total. The van der Waals surface area contributed by atoms with Gasteiger partial charge in [0.1, 0.15) is 18.0 Å². The van der Waals surface area contributed by atoms with Gasteiger partial charge in [-0.05, 0) is 37.1 Å². The average Bonchev–Trinajstić information content (AvgIpc) is 3.41. The lowest BCUT2D eigenvalue weighted by Crippen LogP contribution is -2.50. The molecule has 1 atom stereocenters. The molecule has 3 heterocycles. The topological polar surface area (TPSA) is 76.5 Å². The molecule has 0 radical (unpaired) electrons. The fraction of sp³-hybridized carbons (Fsp3) is 0.320. The summed E-state index contributed by atoms with van der Waals surface area (Å²) < 4.78 is 46.8. The number of nitrogens with one attached hydrogen (secondary N) is 1. The number of carbonyl (C=O) groups is 2. The second-order valence-corrected chi connectivity index (χ2v) is 9.82. The minimum atomic E-state index is -4.58. The Morgan fingerprint density at radius 3 is 2.57 bits per heavy atom. The van der Waals surface area contributed by atoms with E-state index in [1.54, 1.807) is 13.1 Å². The Labute approximate surface area is 220 Å². The number of alkyl halides is 3. The molecule has 1 unspecified atom stereocenters. The number of ether oxygens (including phenoxy) is 1. The van der Waals surface area contributed by atoms with Gasteiger partial charge >= 0.3 is 6.18 Å². The van der Waals surface area contributed by atoms with Gasteiger partial charge in [0, 0.05) is 36.3 Å². The Bertz CT molecular complexity index is 1380. The number of halogens is 5. The first kappa shape index (κ1) is 25.6. The number of hydrogen-bond donors (Lipinski definition) is 1. The van der Waals surface area contributed by atoms with Crippen molar-refractivity contribution in [2.75, 3.05) is 0 Å². The van der Waals surface area contributed by atoms with E-state index in [0.717, 1.165) is 23.3 Å². The number of hydrogen-bond acceptors (Lipinski definition) is 5. The summed E-state index contributed by atoms with van der Waals surface area (Å²) in [5, 5.41) is 6.33. The Morgan fingerprint density at radius 1 is 1.16 bits per heavy atom. The molecule has 0 bridgehead atoms. The zero-order chi connectivity index (χ0) is 26.5. The van der Waals surface area contributed by atoms with E-state index in [9.17, 15) is 22.8 Å². The van der Waals surface area contributed by atoms with Crippen LogP contribution in [0.5, 0.6) is 5.75 Å². The van der Waals surface area contributed by atoms with Gasteiger partial charge in [0.05, 0.1) is 27.8 Å². The van der Waals surface area contributed by atoms with Crippen molar-refractivity contribution in [2.24, 2.45) is 0 Å². The summed E-state index contributed by atoms with van der Waals surface area (Å²) in [5.41, 5.74) is 2.53. The highest BCUT2D eigenvalue weighted by molar-refractivity contribution is 6.37. The molecule has 3 aromatic rings. The van der Waals surface area contributed by atoms with E-state index < -0.39 is 11.7 Å². The van der Waals surface area contributed by atoms with Crippen LogP contribution in [0.15, 0.2) is 36.5 Å². The quantitative estimate of drug-likeness (QED) is 0.440. The number of aromatic nitrogens is 2. The van der Waals surface area contributed by atoms with Crippen LogP contribution in [0.1, 0.15) is 40.8 Å². The van der Waals surface area contributed by atoms with Crippen molar-refractivity contribution in [1.29, 1.82) is 0 Å². The Balaban J connectivity index is 1.33. The zero-order valence-corrected chi connectivity index (χ0v) is 21.0. The van der Waals surface area contributed by atoms with Crippen LogP contribution in [0.2, 0.25) is 10.0 Å². The number of amides is 2. The maximum Gasteiger partial charge on any atom is 0.416 e. The maximum absolute atomic E-state index is 13.1. The standard InChI is InChI=1S/C25H21Cl2F3N4O3/c1-13-15(9-31-34(13)23-18(26)7-16(8-19(23)27)25(28,29)30)12-37-21-4-2-3-14-10-33(11-17(14)21)20-5-6-22(35)32-24(20)36/h2-4,7-9,20H,5-6,10-12H2,1H3,(H,32,35,36). The van der Waals surface area contributed by atoms with E-state index in [1.165, 1.54) is 4.68 Å². The van der Waals surface area contributed by atoms with Crippen molar-refractivity contribution in [3.05, 3.63) is 74.5 Å². The summed E-state index contributed by atoms with van der Waals surface area (Å²) in [6, 6.07) is 6.96. The first-order chi connectivity index (χ1) is 17.5. The summed E-state index contributed by atoms with van der Waals surface area (Å²) in [5.74, 6) is 0.122. The van der Waals surface area contributed by atoms with Crippen molar-refractivity contribution in [2.45, 2.75) is 51.7 Å². The van der Waals surface area contributed by atoms with Crippen LogP contribution in [-0.4, -0.2) is 32.5 Å². The molecule has 2 aromatic carbocycles. The van der Waals surface area contributed by atoms with Gasteiger partial charge in [-0.25, -0.2) is 4.68 Å². The van der Waals surface area contributed by atoms with E-state index in [2.05, 4.69) is 10.4 Å². The van der Waals surface area contributed by atoms with Crippen LogP contribution in [0.25, 0.3) is 5.69 Å². The summed E-state index contributed by atoms with van der Waals surface area (Å²) in [6.45, 7) is 2.97. The molecule has 1 saturated heterocycles. The lowest BCUT2D eigenvalue weighted by atomic mass is 10.0. The molecule has 0 saturated carbocycles. The van der Waals surface area contributed by atoms with Crippen molar-refractivity contribution < 1.29 is 27.5 Å². The van der Waals surface area contributed by atoms with Crippen molar-refractivity contribution in [3.8, 4) is 11.4 Å². The van der Waals surface area contributed by atoms with Crippen LogP contribution in [-0.2, 0) is 35.5 Å². The fourth-order valence-corrected chi connectivity index (χ4v) is 5.35. The highest BCUT2D eigenvalue weighted by Crippen LogP contribution is 2.38. The highest BCUT2D eigenvalue weighted by Gasteiger charge is 2.36. The monoisotopic (exact) mass is 552 g/mol. The van der Waals surface area contributed by atoms with Crippen LogP contribution < -0.4 is 10.1 Å². The lowest BCUT2D eigenvalue weighted by Gasteiger charge is -2.29. The van der Waals surface area contributed by atoms with E-state index in [4.69, 9.17) is 27.9 Å². The van der Waals surface area contributed by atoms with Gasteiger partial charge < -0.3 is 4.74 Å². The molecule has 12 heteroatoms. The molecule has 1 fully saturated rings. The van der Waals surface area contributed by atoms with E-state index in [-0.39, 0.29) is 40.2 Å². The molecular formula is C25H21Cl2F3N4O3. The summed E-state index contributed by atoms with van der Waals surface area (Å²) in [7, 11) is 0. The molecule has 2 amide bonds. The molecule has 1 N–H and O–H groups in total. The second-order valence-electron chi connectivity index (χ2n) is 9.01. The van der Waals surface area contributed by atoms with Crippen molar-refractivity contribution in [3.63, 3.8) is 0 Å². The molecule has 2 aliphatic rings. The molecule has 0 aliphatic carbocycles. The first-order valence-electron chi connectivity index (χ1n) is 11.4. The zero-order valence-electron chi connectivity index (χ0n) is 19.5. The normalized spacial score (nSPS) is 18.2. The average molecular weight is 553 g/mol. The smallest absolute Gasteiger partial charge is 0.416 e. The third kappa shape index (κ3) is 4.93. The number of imide groups is 1. The highest BCUT2D eigenvalue weighted by atomic mass is 35.5. The summed E-state index contributed by atoms with van der Waals surface area (Å²) >= 11 is 12.3. The molecule has 0 spiro atoms. The molecule has 5 rings (SSSR count). The molecule has 1 aromatic heterocycles. The Kier molecular flexibility index (Phi) is 6.68. The first-order valence-corrected chi connectivity index (χ1v) is 12.2. The van der Waals surface area contributed by atoms with Crippen LogP contribution in [0.3, 0.4) is 0 Å². The van der Waals surface area contributed by atoms with Crippen molar-refractivity contribution >= 4 is 35.0 Å². The number of benzene rings is 2. The largest absolute Gasteiger partial charge is 0.488 e. The summed E-state index contributed by atoms with van der Waals surface area (Å²) in [4.78, 5) is 25.8. The van der Waals surface area contributed by atoms with E-state index in [1.807, 2.05) is 23.1 Å². The maximum atomic E-state index is 13.1. The Hall–Kier alpha value is -3.08. The lowest BCUT2D eigenvalue weighted by molar-refractivity contribution is -0.138. The van der Waals surface area contributed by atoms with Gasteiger partial charge in [-0.15, -0.1) is 0 Å². The predicted molar refractivity (Wildman–Crippen MR) is 130 cm³/mol. The number of rotatable bonds is 5. The molecular weight excluding hydrogens is 532 g/mol. The van der Waals surface area contributed by atoms with Gasteiger partial charge in [-0.3, -0.25) is 19.8 Å². The SMILES string of the molecule is Cc1c(COc2cccc3c2CN(C2CCC(=O)NC2=O)C3)cnn1-c1c(Cl)cc(C(F)(F)F)cc1Cl. The minimum absolute atomic E-state index is 0.149. The fourth-order valence-electron chi connectivity index (χ4n) is 4.70. The Morgan fingerprint density at radius 2 is 1.89 bits per heavy atom. The summed E-state index contributed by atoms with van der Waals surface area (Å²) in [6.07, 6.45) is -2.24. The number of piperidine rings is 1. The minimum Gasteiger partial charge on any atom is -0.488 e. The van der Waals surface area contributed by atoms with E-state index in [0.29, 0.717) is 42.9 Å². The third-order valence-electron chi connectivity index (χ3n) is 6.67. The van der Waals surface area contributed by atoms with Crippen LogP contribution >= 0.6 is 23.2 Å². The van der Waals surface area contributed by atoms with Gasteiger partial charge in [0.2, 0.25) is 11.8 Å². The number of nitrogens with zero attached hydrogens (tertiary/aromatic N) is 3. The number of fused-ring (bicyclic) bond motifs is 1. The predicted octanol–water partition coefficient (Wildman–Crippen LogP) is 5.21. The van der Waals surface area contributed by atoms with E-state index >= 15 is 0 Å². The molecule has 2 aliphatic heterocycles. The molecule has 194 valence electrons. The van der Waals surface area contributed by atoms with Gasteiger partial charge in [0.25, 0.3) is 0 Å². The van der Waals surface area contributed by atoms with Gasteiger partial charge in [0.15, 0.2) is 0 Å². The molecule has 37 heavy (non-hydrogen) atoms.